The Morgan fingerprint density at radius 2 is 1.60 bits per heavy atom. The number of alkyl carbamates (subject to hydrolysis) is 1. The van der Waals surface area contributed by atoms with Gasteiger partial charge in [0.15, 0.2) is 0 Å². The number of carbonyl (C=O) groups excluding carboxylic acids is 3. The number of hydrogen-bond donors (Lipinski definition) is 2. The Bertz CT molecular complexity index is 1010. The smallest absolute Gasteiger partial charge is 0.407 e. The Kier molecular flexibility index (Phi) is 6.83. The van der Waals surface area contributed by atoms with Gasteiger partial charge in [0.05, 0.1) is 5.75 Å². The van der Waals surface area contributed by atoms with Crippen molar-refractivity contribution in [3.63, 3.8) is 0 Å². The van der Waals surface area contributed by atoms with E-state index < -0.39 is 28.6 Å². The topological polar surface area (TPSA) is 119 Å². The van der Waals surface area contributed by atoms with E-state index in [1.807, 2.05) is 53.3 Å². The maximum atomic E-state index is 12.0. The van der Waals surface area contributed by atoms with Crippen LogP contribution in [-0.4, -0.2) is 45.6 Å². The van der Waals surface area contributed by atoms with E-state index in [-0.39, 0.29) is 31.1 Å². The van der Waals surface area contributed by atoms with Crippen LogP contribution in [0, 0.1) is 0 Å². The molecular weight excluding hydrogens is 408 g/mol. The van der Waals surface area contributed by atoms with Crippen molar-refractivity contribution in [3.05, 3.63) is 59.7 Å². The van der Waals surface area contributed by atoms with Crippen molar-refractivity contribution in [2.75, 3.05) is 18.9 Å². The number of benzene rings is 2. The average molecular weight is 430 g/mol. The van der Waals surface area contributed by atoms with Crippen molar-refractivity contribution >= 4 is 28.3 Å². The number of amides is 2. The van der Waals surface area contributed by atoms with E-state index in [9.17, 15) is 22.8 Å². The molecule has 1 aliphatic rings. The van der Waals surface area contributed by atoms with Gasteiger partial charge in [0.2, 0.25) is 10.0 Å². The van der Waals surface area contributed by atoms with Gasteiger partial charge in [-0.3, -0.25) is 9.52 Å². The normalized spacial score (nSPS) is 12.5. The second-order valence-corrected chi connectivity index (χ2v) is 8.67. The Hall–Kier alpha value is -3.20. The molecule has 0 saturated heterocycles. The highest BCUT2D eigenvalue weighted by atomic mass is 32.2. The van der Waals surface area contributed by atoms with Gasteiger partial charge in [-0.2, -0.15) is 0 Å². The molecule has 0 aliphatic heterocycles. The van der Waals surface area contributed by atoms with Gasteiger partial charge >= 0.3 is 6.09 Å². The molecule has 3 rings (SSSR count). The monoisotopic (exact) mass is 430 g/mol. The summed E-state index contributed by atoms with van der Waals surface area (Å²) in [5.74, 6) is -1.34. The molecule has 0 aromatic heterocycles. The fourth-order valence-corrected chi connectivity index (χ4v) is 4.49. The van der Waals surface area contributed by atoms with Crippen LogP contribution in [0.3, 0.4) is 0 Å². The highest BCUT2D eigenvalue weighted by Crippen LogP contribution is 2.44. The summed E-state index contributed by atoms with van der Waals surface area (Å²) in [5.41, 5.74) is 4.32. The first-order valence-corrected chi connectivity index (χ1v) is 11.1. The van der Waals surface area contributed by atoms with Crippen LogP contribution in [0.2, 0.25) is 0 Å². The highest BCUT2D eigenvalue weighted by molar-refractivity contribution is 7.90. The second kappa shape index (κ2) is 9.53. The van der Waals surface area contributed by atoms with Crippen LogP contribution in [0.5, 0.6) is 0 Å². The molecule has 2 aromatic carbocycles. The number of fused-ring (bicyclic) bond motifs is 3. The number of rotatable bonds is 9. The summed E-state index contributed by atoms with van der Waals surface area (Å²) in [4.78, 5) is 34.0. The molecule has 8 nitrogen and oxygen atoms in total. The van der Waals surface area contributed by atoms with Gasteiger partial charge in [-0.05, 0) is 28.7 Å². The third-order valence-electron chi connectivity index (χ3n) is 4.74. The number of aldehydes is 1. The van der Waals surface area contributed by atoms with Crippen LogP contribution in [-0.2, 0) is 24.3 Å². The molecule has 1 aliphatic carbocycles. The molecule has 158 valence electrons. The van der Waals surface area contributed by atoms with Crippen LogP contribution in [0.25, 0.3) is 11.1 Å². The van der Waals surface area contributed by atoms with Crippen molar-refractivity contribution in [1.82, 2.24) is 10.0 Å². The van der Waals surface area contributed by atoms with Gasteiger partial charge < -0.3 is 14.8 Å². The minimum Gasteiger partial charge on any atom is -0.449 e. The maximum Gasteiger partial charge on any atom is 0.407 e. The molecule has 0 saturated carbocycles. The van der Waals surface area contributed by atoms with Gasteiger partial charge in [0, 0.05) is 12.3 Å². The Morgan fingerprint density at radius 3 is 2.20 bits per heavy atom. The molecule has 9 heteroatoms. The molecule has 2 N–H and O–H groups in total. The minimum absolute atomic E-state index is 0.0888. The van der Waals surface area contributed by atoms with Crippen LogP contribution in [0.4, 0.5) is 4.79 Å². The van der Waals surface area contributed by atoms with Gasteiger partial charge in [-0.1, -0.05) is 48.5 Å². The predicted molar refractivity (Wildman–Crippen MR) is 110 cm³/mol. The quantitative estimate of drug-likeness (QED) is 0.464. The standard InChI is InChI=1S/C21H22N2O6S/c24-11-5-6-12-30(27,28)23-20(25)13-22-21(26)29-14-19-17-9-3-1-7-15(17)16-8-2-4-10-18(16)19/h1-4,7-11,19H,5-6,12-14H2,(H,22,26)(H,23,25). The van der Waals surface area contributed by atoms with E-state index in [0.29, 0.717) is 6.29 Å². The molecule has 0 fully saturated rings. The summed E-state index contributed by atoms with van der Waals surface area (Å²) in [7, 11) is -3.84. The van der Waals surface area contributed by atoms with Crippen molar-refractivity contribution < 1.29 is 27.5 Å². The third-order valence-corrected chi connectivity index (χ3v) is 6.11. The molecule has 0 radical (unpaired) electrons. The predicted octanol–water partition coefficient (Wildman–Crippen LogP) is 1.95. The molecular formula is C21H22N2O6S. The van der Waals surface area contributed by atoms with E-state index in [4.69, 9.17) is 4.74 Å². The van der Waals surface area contributed by atoms with Gasteiger partial charge in [-0.15, -0.1) is 0 Å². The zero-order chi connectivity index (χ0) is 21.6. The summed E-state index contributed by atoms with van der Waals surface area (Å²) in [6.07, 6.45) is 0.0000701. The Balaban J connectivity index is 1.51. The minimum atomic E-state index is -3.84. The molecule has 30 heavy (non-hydrogen) atoms. The van der Waals surface area contributed by atoms with Gasteiger partial charge in [0.25, 0.3) is 5.91 Å². The van der Waals surface area contributed by atoms with Crippen molar-refractivity contribution in [3.8, 4) is 11.1 Å². The largest absolute Gasteiger partial charge is 0.449 e. The van der Waals surface area contributed by atoms with Crippen LogP contribution >= 0.6 is 0 Å². The van der Waals surface area contributed by atoms with Crippen LogP contribution in [0.1, 0.15) is 29.9 Å². The fourth-order valence-electron chi connectivity index (χ4n) is 3.42. The molecule has 0 bridgehead atoms. The van der Waals surface area contributed by atoms with E-state index >= 15 is 0 Å². The second-order valence-electron chi connectivity index (χ2n) is 6.83. The number of ether oxygens (including phenoxy) is 1. The Morgan fingerprint density at radius 1 is 1.00 bits per heavy atom. The zero-order valence-electron chi connectivity index (χ0n) is 16.2. The van der Waals surface area contributed by atoms with Gasteiger partial charge in [0.1, 0.15) is 19.4 Å². The first kappa shape index (κ1) is 21.5. The molecule has 2 amide bonds. The number of unbranched alkanes of at least 4 members (excludes halogenated alkanes) is 1. The third kappa shape index (κ3) is 5.24. The number of carbonyl (C=O) groups is 3. The van der Waals surface area contributed by atoms with Gasteiger partial charge in [-0.25, -0.2) is 13.2 Å². The van der Waals surface area contributed by atoms with E-state index in [1.54, 1.807) is 0 Å². The summed E-state index contributed by atoms with van der Waals surface area (Å²) in [6.45, 7) is -0.449. The van der Waals surface area contributed by atoms with Crippen LogP contribution < -0.4 is 10.0 Å². The first-order valence-electron chi connectivity index (χ1n) is 9.47. The lowest BCUT2D eigenvalue weighted by atomic mass is 9.98. The van der Waals surface area contributed by atoms with Crippen molar-refractivity contribution in [2.24, 2.45) is 0 Å². The summed E-state index contributed by atoms with van der Waals surface area (Å²) >= 11 is 0. The summed E-state index contributed by atoms with van der Waals surface area (Å²) < 4.78 is 30.5. The lowest BCUT2D eigenvalue weighted by Crippen LogP contribution is -2.41. The molecule has 0 unspecified atom stereocenters. The van der Waals surface area contributed by atoms with E-state index in [1.165, 1.54) is 0 Å². The van der Waals surface area contributed by atoms with E-state index in [0.717, 1.165) is 22.3 Å². The SMILES string of the molecule is O=CCCCS(=O)(=O)NC(=O)CNC(=O)OCC1c2ccccc2-c2ccccc21. The summed E-state index contributed by atoms with van der Waals surface area (Å²) in [6, 6.07) is 15.8. The van der Waals surface area contributed by atoms with Crippen molar-refractivity contribution in [1.29, 1.82) is 0 Å². The molecule has 0 heterocycles. The maximum absolute atomic E-state index is 12.0. The molecule has 2 aromatic rings. The van der Waals surface area contributed by atoms with Crippen molar-refractivity contribution in [2.45, 2.75) is 18.8 Å². The first-order chi connectivity index (χ1) is 14.4. The lowest BCUT2D eigenvalue weighted by molar-refractivity contribution is -0.118. The molecule has 0 spiro atoms. The average Bonchev–Trinajstić information content (AvgIpc) is 3.04. The highest BCUT2D eigenvalue weighted by Gasteiger charge is 2.29. The summed E-state index contributed by atoms with van der Waals surface area (Å²) in [5, 5.41) is 2.25. The number of hydrogen-bond acceptors (Lipinski definition) is 6. The Labute approximate surface area is 174 Å². The number of sulfonamides is 1. The zero-order valence-corrected chi connectivity index (χ0v) is 17.0. The lowest BCUT2D eigenvalue weighted by Gasteiger charge is -2.14. The van der Waals surface area contributed by atoms with E-state index in [2.05, 4.69) is 5.32 Å². The fraction of sp³-hybridized carbons (Fsp3) is 0.286. The number of nitrogens with one attached hydrogen (secondary N) is 2. The molecule has 0 atom stereocenters. The van der Waals surface area contributed by atoms with Crippen LogP contribution in [0.15, 0.2) is 48.5 Å².